The Morgan fingerprint density at radius 1 is 1.13 bits per heavy atom. The number of aromatic amines is 1. The third kappa shape index (κ3) is 3.09. The van der Waals surface area contributed by atoms with Crippen molar-refractivity contribution < 1.29 is 21.9 Å². The first-order chi connectivity index (χ1) is 11.0. The number of sulfonamides is 1. The standard InChI is InChI=1S/C14H11F2N3O3S/c15-14(16)22-11-6-1-2-7-12(11)23(20,21)19-10-5-3-4-9-8-17-18-13(9)10/h1-8,14,19H,(H,17,18). The number of rotatable bonds is 5. The topological polar surface area (TPSA) is 84.1 Å². The summed E-state index contributed by atoms with van der Waals surface area (Å²) in [6.07, 6.45) is 1.54. The number of benzene rings is 2. The third-order valence-corrected chi connectivity index (χ3v) is 4.48. The maximum atomic E-state index is 12.5. The van der Waals surface area contributed by atoms with Gasteiger partial charge in [0.1, 0.15) is 10.6 Å². The van der Waals surface area contributed by atoms with Gasteiger partial charge in [0.05, 0.1) is 17.4 Å². The van der Waals surface area contributed by atoms with Crippen LogP contribution in [0, 0.1) is 0 Å². The fourth-order valence-electron chi connectivity index (χ4n) is 2.12. The monoisotopic (exact) mass is 339 g/mol. The molecule has 9 heteroatoms. The van der Waals surface area contributed by atoms with Gasteiger partial charge in [0.15, 0.2) is 0 Å². The maximum Gasteiger partial charge on any atom is 0.387 e. The first kappa shape index (κ1) is 15.2. The van der Waals surface area contributed by atoms with Crippen molar-refractivity contribution >= 4 is 26.6 Å². The van der Waals surface area contributed by atoms with Gasteiger partial charge in [-0.2, -0.15) is 13.9 Å². The van der Waals surface area contributed by atoms with E-state index in [-0.39, 0.29) is 10.6 Å². The van der Waals surface area contributed by atoms with Crippen LogP contribution >= 0.6 is 0 Å². The van der Waals surface area contributed by atoms with Crippen molar-refractivity contribution in [3.8, 4) is 5.75 Å². The summed E-state index contributed by atoms with van der Waals surface area (Å²) < 4.78 is 56.5. The second kappa shape index (κ2) is 5.84. The lowest BCUT2D eigenvalue weighted by molar-refractivity contribution is -0.0517. The van der Waals surface area contributed by atoms with Gasteiger partial charge in [0, 0.05) is 5.39 Å². The maximum absolute atomic E-state index is 12.5. The van der Waals surface area contributed by atoms with Crippen LogP contribution in [0.3, 0.4) is 0 Å². The molecule has 2 aromatic carbocycles. The Morgan fingerprint density at radius 2 is 1.91 bits per heavy atom. The van der Waals surface area contributed by atoms with E-state index >= 15 is 0 Å². The average molecular weight is 339 g/mol. The second-order valence-corrected chi connectivity index (χ2v) is 6.22. The lowest BCUT2D eigenvalue weighted by Crippen LogP contribution is -2.15. The highest BCUT2D eigenvalue weighted by Gasteiger charge is 2.22. The molecule has 1 heterocycles. The van der Waals surface area contributed by atoms with Gasteiger partial charge in [-0.05, 0) is 18.2 Å². The number of anilines is 1. The Hall–Kier alpha value is -2.68. The number of para-hydroxylation sites is 2. The summed E-state index contributed by atoms with van der Waals surface area (Å²) in [5, 5.41) is 7.23. The summed E-state index contributed by atoms with van der Waals surface area (Å²) in [5.74, 6) is -0.424. The van der Waals surface area contributed by atoms with Crippen LogP contribution in [0.5, 0.6) is 5.75 Å². The van der Waals surface area contributed by atoms with Gasteiger partial charge in [0.25, 0.3) is 10.0 Å². The number of halogens is 2. The molecule has 6 nitrogen and oxygen atoms in total. The normalized spacial score (nSPS) is 11.8. The number of alkyl halides is 2. The lowest BCUT2D eigenvalue weighted by Gasteiger charge is -2.13. The SMILES string of the molecule is O=S(=O)(Nc1cccc2cn[nH]c12)c1ccccc1OC(F)F. The fourth-order valence-corrected chi connectivity index (χ4v) is 3.33. The fraction of sp³-hybridized carbons (Fsp3) is 0.0714. The molecule has 0 amide bonds. The number of nitrogens with zero attached hydrogens (tertiary/aromatic N) is 1. The summed E-state index contributed by atoms with van der Waals surface area (Å²) in [6, 6.07) is 10.1. The Morgan fingerprint density at radius 3 is 2.70 bits per heavy atom. The van der Waals surface area contributed by atoms with Crippen LogP contribution < -0.4 is 9.46 Å². The molecule has 0 aliphatic carbocycles. The zero-order chi connectivity index (χ0) is 16.4. The number of fused-ring (bicyclic) bond motifs is 1. The quantitative estimate of drug-likeness (QED) is 0.748. The van der Waals surface area contributed by atoms with E-state index in [9.17, 15) is 17.2 Å². The number of hydrogen-bond acceptors (Lipinski definition) is 4. The number of aromatic nitrogens is 2. The minimum absolute atomic E-state index is 0.256. The van der Waals surface area contributed by atoms with E-state index in [1.807, 2.05) is 0 Å². The molecule has 0 unspecified atom stereocenters. The average Bonchev–Trinajstić information content (AvgIpc) is 2.96. The molecule has 0 aliphatic rings. The molecule has 2 N–H and O–H groups in total. The van der Waals surface area contributed by atoms with Gasteiger partial charge >= 0.3 is 6.61 Å². The van der Waals surface area contributed by atoms with Crippen LogP contribution in [-0.4, -0.2) is 25.2 Å². The van der Waals surface area contributed by atoms with Crippen molar-refractivity contribution in [3.05, 3.63) is 48.7 Å². The van der Waals surface area contributed by atoms with E-state index in [2.05, 4.69) is 19.7 Å². The van der Waals surface area contributed by atoms with Crippen molar-refractivity contribution in [1.29, 1.82) is 0 Å². The van der Waals surface area contributed by atoms with Crippen LogP contribution in [0.2, 0.25) is 0 Å². The molecule has 0 radical (unpaired) electrons. The molecular weight excluding hydrogens is 328 g/mol. The lowest BCUT2D eigenvalue weighted by atomic mass is 10.2. The van der Waals surface area contributed by atoms with Crippen molar-refractivity contribution in [1.82, 2.24) is 10.2 Å². The van der Waals surface area contributed by atoms with Crippen molar-refractivity contribution in [2.24, 2.45) is 0 Å². The summed E-state index contributed by atoms with van der Waals surface area (Å²) >= 11 is 0. The molecule has 0 atom stereocenters. The van der Waals surface area contributed by atoms with E-state index < -0.39 is 22.4 Å². The number of H-pyrrole nitrogens is 1. The molecule has 0 fully saturated rings. The van der Waals surface area contributed by atoms with Gasteiger partial charge in [-0.3, -0.25) is 9.82 Å². The molecule has 0 saturated carbocycles. The van der Waals surface area contributed by atoms with Crippen LogP contribution in [0.1, 0.15) is 0 Å². The van der Waals surface area contributed by atoms with Crippen molar-refractivity contribution in [2.45, 2.75) is 11.5 Å². The Kier molecular flexibility index (Phi) is 3.87. The van der Waals surface area contributed by atoms with Gasteiger partial charge in [-0.1, -0.05) is 24.3 Å². The Bertz CT molecular complexity index is 941. The first-order valence-corrected chi connectivity index (χ1v) is 7.94. The second-order valence-electron chi connectivity index (χ2n) is 4.57. The summed E-state index contributed by atoms with van der Waals surface area (Å²) in [4.78, 5) is -0.378. The zero-order valence-corrected chi connectivity index (χ0v) is 12.3. The minimum atomic E-state index is -4.12. The Balaban J connectivity index is 2.01. The van der Waals surface area contributed by atoms with E-state index in [1.165, 1.54) is 24.3 Å². The molecule has 0 saturated heterocycles. The van der Waals surface area contributed by atoms with Gasteiger partial charge in [-0.25, -0.2) is 8.42 Å². The van der Waals surface area contributed by atoms with Crippen LogP contribution in [0.15, 0.2) is 53.6 Å². The van der Waals surface area contributed by atoms with E-state index in [1.54, 1.807) is 18.3 Å². The highest BCUT2D eigenvalue weighted by Crippen LogP contribution is 2.29. The van der Waals surface area contributed by atoms with Gasteiger partial charge in [-0.15, -0.1) is 0 Å². The Labute approximate surface area is 130 Å². The van der Waals surface area contributed by atoms with Crippen LogP contribution in [-0.2, 0) is 10.0 Å². The molecule has 0 spiro atoms. The first-order valence-electron chi connectivity index (χ1n) is 6.46. The molecule has 1 aromatic heterocycles. The number of nitrogens with one attached hydrogen (secondary N) is 2. The van der Waals surface area contributed by atoms with E-state index in [4.69, 9.17) is 0 Å². The largest absolute Gasteiger partial charge is 0.433 e. The highest BCUT2D eigenvalue weighted by molar-refractivity contribution is 7.92. The zero-order valence-electron chi connectivity index (χ0n) is 11.5. The van der Waals surface area contributed by atoms with Crippen molar-refractivity contribution in [2.75, 3.05) is 4.72 Å². The predicted octanol–water partition coefficient (Wildman–Crippen LogP) is 2.97. The predicted molar refractivity (Wildman–Crippen MR) is 80.0 cm³/mol. The van der Waals surface area contributed by atoms with Gasteiger partial charge in [0.2, 0.25) is 0 Å². The van der Waals surface area contributed by atoms with Crippen LogP contribution in [0.25, 0.3) is 10.9 Å². The van der Waals surface area contributed by atoms with Crippen LogP contribution in [0.4, 0.5) is 14.5 Å². The molecule has 0 aliphatic heterocycles. The highest BCUT2D eigenvalue weighted by atomic mass is 32.2. The van der Waals surface area contributed by atoms with Gasteiger partial charge < -0.3 is 4.74 Å². The summed E-state index contributed by atoms with van der Waals surface area (Å²) in [6.45, 7) is -3.12. The van der Waals surface area contributed by atoms with E-state index in [0.717, 1.165) is 6.07 Å². The van der Waals surface area contributed by atoms with Crippen molar-refractivity contribution in [3.63, 3.8) is 0 Å². The number of ether oxygens (including phenoxy) is 1. The molecule has 3 aromatic rings. The third-order valence-electron chi connectivity index (χ3n) is 3.08. The molecule has 0 bridgehead atoms. The molecular formula is C14H11F2N3O3S. The van der Waals surface area contributed by atoms with E-state index in [0.29, 0.717) is 10.9 Å². The summed E-state index contributed by atoms with van der Waals surface area (Å²) in [5.41, 5.74) is 0.746. The smallest absolute Gasteiger partial charge is 0.387 e. The number of hydrogen-bond donors (Lipinski definition) is 2. The molecule has 23 heavy (non-hydrogen) atoms. The minimum Gasteiger partial charge on any atom is -0.433 e. The molecule has 120 valence electrons. The molecule has 3 rings (SSSR count). The summed E-state index contributed by atoms with van der Waals surface area (Å²) in [7, 11) is -4.12.